The lowest BCUT2D eigenvalue weighted by Crippen LogP contribution is -2.30. The van der Waals surface area contributed by atoms with Crippen LogP contribution in [0.1, 0.15) is 47.4 Å². The van der Waals surface area contributed by atoms with Crippen molar-refractivity contribution in [3.05, 3.63) is 58.2 Å². The first-order valence-corrected chi connectivity index (χ1v) is 10.1. The monoisotopic (exact) mass is 427 g/mol. The van der Waals surface area contributed by atoms with Gasteiger partial charge in [0.15, 0.2) is 11.5 Å². The van der Waals surface area contributed by atoms with E-state index in [1.54, 1.807) is 35.2 Å². The summed E-state index contributed by atoms with van der Waals surface area (Å²) in [5.41, 5.74) is 2.74. The summed E-state index contributed by atoms with van der Waals surface area (Å²) in [6.07, 6.45) is 1.77. The van der Waals surface area contributed by atoms with E-state index >= 15 is 0 Å². The Morgan fingerprint density at radius 2 is 1.97 bits per heavy atom. The molecule has 1 aromatic heterocycles. The number of fused-ring (bicyclic) bond motifs is 1. The molecule has 0 radical (unpaired) electrons. The molecule has 0 aliphatic carbocycles. The maximum Gasteiger partial charge on any atom is 0.273 e. The molecule has 0 spiro atoms. The zero-order valence-corrected chi connectivity index (χ0v) is 17.4. The molecule has 1 atom stereocenters. The van der Waals surface area contributed by atoms with Gasteiger partial charge in [0, 0.05) is 22.7 Å². The highest BCUT2D eigenvalue weighted by atomic mass is 35.5. The molecule has 0 saturated heterocycles. The van der Waals surface area contributed by atoms with E-state index in [9.17, 15) is 15.0 Å². The molecule has 4 rings (SSSR count). The number of aromatic nitrogens is 2. The predicted octanol–water partition coefficient (Wildman–Crippen LogP) is 4.50. The Morgan fingerprint density at radius 1 is 1.20 bits per heavy atom. The minimum Gasteiger partial charge on any atom is -0.507 e. The Morgan fingerprint density at radius 3 is 2.70 bits per heavy atom. The molecule has 8 heteroatoms. The zero-order valence-electron chi connectivity index (χ0n) is 16.6. The van der Waals surface area contributed by atoms with E-state index in [2.05, 4.69) is 17.1 Å². The SMILES string of the molecule is CCCCN1C(=O)c2[nH]nc(-c3cc(Cl)ccc3O)c2C1c1ccc(O)c(OC)c1. The van der Waals surface area contributed by atoms with Crippen molar-refractivity contribution in [1.82, 2.24) is 15.1 Å². The smallest absolute Gasteiger partial charge is 0.273 e. The Balaban J connectivity index is 1.91. The Hall–Kier alpha value is -3.19. The molecule has 1 amide bonds. The molecule has 3 aromatic rings. The molecule has 0 bridgehead atoms. The van der Waals surface area contributed by atoms with Crippen molar-refractivity contribution >= 4 is 17.5 Å². The highest BCUT2D eigenvalue weighted by molar-refractivity contribution is 6.31. The third-order valence-corrected chi connectivity index (χ3v) is 5.58. The van der Waals surface area contributed by atoms with Gasteiger partial charge in [-0.3, -0.25) is 9.89 Å². The number of H-pyrrole nitrogens is 1. The van der Waals surface area contributed by atoms with Crippen molar-refractivity contribution in [2.75, 3.05) is 13.7 Å². The fourth-order valence-corrected chi connectivity index (χ4v) is 4.04. The van der Waals surface area contributed by atoms with Crippen LogP contribution in [0.25, 0.3) is 11.3 Å². The topological polar surface area (TPSA) is 98.7 Å². The number of nitrogens with zero attached hydrogens (tertiary/aromatic N) is 2. The largest absolute Gasteiger partial charge is 0.507 e. The van der Waals surface area contributed by atoms with Crippen LogP contribution in [-0.4, -0.2) is 44.9 Å². The summed E-state index contributed by atoms with van der Waals surface area (Å²) in [6.45, 7) is 2.63. The highest BCUT2D eigenvalue weighted by Crippen LogP contribution is 2.46. The van der Waals surface area contributed by atoms with Gasteiger partial charge < -0.3 is 19.8 Å². The number of aromatic amines is 1. The molecule has 7 nitrogen and oxygen atoms in total. The molecule has 0 fully saturated rings. The van der Waals surface area contributed by atoms with Gasteiger partial charge in [0.25, 0.3) is 5.91 Å². The van der Waals surface area contributed by atoms with E-state index in [-0.39, 0.29) is 17.4 Å². The van der Waals surface area contributed by atoms with E-state index in [0.29, 0.717) is 39.8 Å². The molecular weight excluding hydrogens is 406 g/mol. The summed E-state index contributed by atoms with van der Waals surface area (Å²) < 4.78 is 5.27. The van der Waals surface area contributed by atoms with Crippen LogP contribution >= 0.6 is 11.6 Å². The lowest BCUT2D eigenvalue weighted by Gasteiger charge is -2.26. The van der Waals surface area contributed by atoms with E-state index in [4.69, 9.17) is 16.3 Å². The Bertz CT molecular complexity index is 1110. The first-order valence-electron chi connectivity index (χ1n) is 9.71. The molecule has 1 aliphatic rings. The van der Waals surface area contributed by atoms with Gasteiger partial charge in [0.2, 0.25) is 0 Å². The van der Waals surface area contributed by atoms with Crippen molar-refractivity contribution in [1.29, 1.82) is 0 Å². The number of nitrogens with one attached hydrogen (secondary N) is 1. The molecular formula is C22H22ClN3O4. The number of aromatic hydroxyl groups is 2. The second-order valence-corrected chi connectivity index (χ2v) is 7.64. The predicted molar refractivity (Wildman–Crippen MR) is 113 cm³/mol. The summed E-state index contributed by atoms with van der Waals surface area (Å²) in [5.74, 6) is 0.205. The lowest BCUT2D eigenvalue weighted by atomic mass is 9.95. The zero-order chi connectivity index (χ0) is 21.4. The summed E-state index contributed by atoms with van der Waals surface area (Å²) >= 11 is 6.15. The fraction of sp³-hybridized carbons (Fsp3) is 0.273. The number of benzene rings is 2. The van der Waals surface area contributed by atoms with E-state index in [1.807, 2.05) is 0 Å². The van der Waals surface area contributed by atoms with Crippen LogP contribution in [0.3, 0.4) is 0 Å². The number of hydrogen-bond acceptors (Lipinski definition) is 5. The average molecular weight is 428 g/mol. The molecule has 1 unspecified atom stereocenters. The second-order valence-electron chi connectivity index (χ2n) is 7.21. The van der Waals surface area contributed by atoms with Crippen LogP contribution < -0.4 is 4.74 Å². The van der Waals surface area contributed by atoms with Gasteiger partial charge in [-0.25, -0.2) is 0 Å². The summed E-state index contributed by atoms with van der Waals surface area (Å²) in [7, 11) is 1.48. The minimum absolute atomic E-state index is 0.0193. The van der Waals surface area contributed by atoms with Gasteiger partial charge in [-0.2, -0.15) is 5.10 Å². The lowest BCUT2D eigenvalue weighted by molar-refractivity contribution is 0.0741. The molecule has 30 heavy (non-hydrogen) atoms. The maximum atomic E-state index is 13.2. The molecule has 2 aromatic carbocycles. The van der Waals surface area contributed by atoms with E-state index < -0.39 is 6.04 Å². The molecule has 0 saturated carbocycles. The van der Waals surface area contributed by atoms with Crippen LogP contribution in [0.5, 0.6) is 17.2 Å². The van der Waals surface area contributed by atoms with Crippen LogP contribution in [0.2, 0.25) is 5.02 Å². The number of halogens is 1. The molecule has 1 aliphatic heterocycles. The summed E-state index contributed by atoms with van der Waals surface area (Å²) in [4.78, 5) is 15.0. The normalized spacial score (nSPS) is 15.5. The van der Waals surface area contributed by atoms with Crippen molar-refractivity contribution in [2.24, 2.45) is 0 Å². The van der Waals surface area contributed by atoms with Gasteiger partial charge in [0.1, 0.15) is 17.1 Å². The standard InChI is InChI=1S/C22H22ClN3O4/c1-3-4-9-26-21(12-5-7-16(28)17(10-12)30-2)18-19(24-25-20(18)22(26)29)14-11-13(23)6-8-15(14)27/h5-8,10-11,21,27-28H,3-4,9H2,1-2H3,(H,24,25). The quantitative estimate of drug-likeness (QED) is 0.538. The Kier molecular flexibility index (Phi) is 5.30. The van der Waals surface area contributed by atoms with Crippen molar-refractivity contribution in [3.63, 3.8) is 0 Å². The number of unbranched alkanes of at least 4 members (excludes halogenated alkanes) is 1. The minimum atomic E-state index is -0.444. The van der Waals surface area contributed by atoms with Gasteiger partial charge in [-0.15, -0.1) is 0 Å². The van der Waals surface area contributed by atoms with Crippen LogP contribution in [0, 0.1) is 0 Å². The Labute approximate surface area is 178 Å². The van der Waals surface area contributed by atoms with E-state index in [1.165, 1.54) is 13.2 Å². The number of carbonyl (C=O) groups is 1. The van der Waals surface area contributed by atoms with Crippen molar-refractivity contribution < 1.29 is 19.7 Å². The number of carbonyl (C=O) groups excluding carboxylic acids is 1. The summed E-state index contributed by atoms with van der Waals surface area (Å²) in [5, 5.41) is 28.1. The van der Waals surface area contributed by atoms with Crippen LogP contribution in [-0.2, 0) is 0 Å². The molecule has 2 heterocycles. The van der Waals surface area contributed by atoms with Gasteiger partial charge >= 0.3 is 0 Å². The van der Waals surface area contributed by atoms with Gasteiger partial charge in [-0.05, 0) is 42.3 Å². The number of ether oxygens (including phenoxy) is 1. The number of hydrogen-bond donors (Lipinski definition) is 3. The highest BCUT2D eigenvalue weighted by Gasteiger charge is 2.42. The number of rotatable bonds is 6. The van der Waals surface area contributed by atoms with Gasteiger partial charge in [0.05, 0.1) is 13.2 Å². The van der Waals surface area contributed by atoms with Crippen molar-refractivity contribution in [2.45, 2.75) is 25.8 Å². The van der Waals surface area contributed by atoms with Gasteiger partial charge in [-0.1, -0.05) is 31.0 Å². The number of phenols is 2. The van der Waals surface area contributed by atoms with Crippen molar-refractivity contribution in [3.8, 4) is 28.5 Å². The fourth-order valence-electron chi connectivity index (χ4n) is 3.87. The molecule has 156 valence electrons. The number of methoxy groups -OCH3 is 1. The molecule has 3 N–H and O–H groups in total. The first-order chi connectivity index (χ1) is 14.5. The number of amides is 1. The second kappa shape index (κ2) is 7.91. The number of phenolic OH excluding ortho intramolecular Hbond substituents is 2. The average Bonchev–Trinajstić information content (AvgIpc) is 3.28. The van der Waals surface area contributed by atoms with Crippen LogP contribution in [0.15, 0.2) is 36.4 Å². The summed E-state index contributed by atoms with van der Waals surface area (Å²) in [6, 6.07) is 9.30. The maximum absolute atomic E-state index is 13.2. The van der Waals surface area contributed by atoms with E-state index in [0.717, 1.165) is 18.4 Å². The first kappa shape index (κ1) is 20.1. The third kappa shape index (κ3) is 3.25. The van der Waals surface area contributed by atoms with Crippen LogP contribution in [0.4, 0.5) is 0 Å². The third-order valence-electron chi connectivity index (χ3n) is 5.35.